The van der Waals surface area contributed by atoms with E-state index in [1.54, 1.807) is 0 Å². The van der Waals surface area contributed by atoms with E-state index >= 15 is 0 Å². The van der Waals surface area contributed by atoms with Crippen LogP contribution in [0.3, 0.4) is 0 Å². The highest BCUT2D eigenvalue weighted by Crippen LogP contribution is 2.45. The number of carbonyl (C=O) groups is 2. The molecular formula is C51H86O15P2. The molecule has 0 aliphatic heterocycles. The standard InChI is InChI=1S/C51H86O15P2/c1-3-5-7-9-11-13-15-17-19-21-22-24-26-28-30-32-34-36-38-40-51(56)62-42-48(53)44-64-68(59,60)66-46-49(54)45-65-67(57,58)63-43-47(52)41-61-50(55)39-37-35-33-31-29-27-25-23-20-18-16-14-12-10-8-6-4-2/h5,7,11-14,17-20,22,24-25,27-28,30,47-49,52-54H,3-4,6,8-10,15-16,21,23,26,29,31-46H2,1-2H3,(H,57,58)(H,59,60)/b7-5-,13-11-,14-12-,19-17-,20-18-,24-22-,27-25-,30-28-. The van der Waals surface area contributed by atoms with Gasteiger partial charge in [0.25, 0.3) is 0 Å². The highest BCUT2D eigenvalue weighted by atomic mass is 31.2. The van der Waals surface area contributed by atoms with Gasteiger partial charge in [0.15, 0.2) is 0 Å². The minimum atomic E-state index is -4.80. The first-order chi connectivity index (χ1) is 32.8. The number of unbranched alkanes of at least 4 members (excludes halogenated alkanes) is 10. The minimum absolute atomic E-state index is 0.152. The Kier molecular flexibility index (Phi) is 44.3. The number of aliphatic hydroxyl groups excluding tert-OH is 3. The van der Waals surface area contributed by atoms with Gasteiger partial charge in [0.2, 0.25) is 0 Å². The average Bonchev–Trinajstić information content (AvgIpc) is 3.31. The molecule has 5 unspecified atom stereocenters. The Morgan fingerprint density at radius 1 is 0.397 bits per heavy atom. The lowest BCUT2D eigenvalue weighted by Crippen LogP contribution is -2.25. The SMILES string of the molecule is CC/C=C\C/C=C\C/C=C\C/C=C\C/C=C\CCCCCC(=O)OCC(O)COP(=O)(O)OCC(O)COP(=O)(O)OCC(O)COC(=O)CCCCCC/C=C\C/C=C\C/C=C\CCCCC. The average molecular weight is 1000 g/mol. The second-order valence-electron chi connectivity index (χ2n) is 16.1. The molecule has 0 aromatic rings. The Morgan fingerprint density at radius 2 is 0.676 bits per heavy atom. The fourth-order valence-corrected chi connectivity index (χ4v) is 7.31. The third-order valence-corrected chi connectivity index (χ3v) is 11.4. The highest BCUT2D eigenvalue weighted by Gasteiger charge is 2.28. The first kappa shape index (κ1) is 65.0. The zero-order chi connectivity index (χ0) is 50.2. The lowest BCUT2D eigenvalue weighted by molar-refractivity contribution is -0.148. The summed E-state index contributed by atoms with van der Waals surface area (Å²) in [4.78, 5) is 43.8. The van der Waals surface area contributed by atoms with Crippen molar-refractivity contribution in [1.29, 1.82) is 0 Å². The maximum absolute atomic E-state index is 12.2. The van der Waals surface area contributed by atoms with E-state index in [0.717, 1.165) is 96.3 Å². The molecule has 17 heteroatoms. The summed E-state index contributed by atoms with van der Waals surface area (Å²) in [6, 6.07) is 0. The number of carbonyl (C=O) groups excluding carboxylic acids is 2. The van der Waals surface area contributed by atoms with Gasteiger partial charge in [0.1, 0.15) is 31.5 Å². The molecule has 0 rings (SSSR count). The van der Waals surface area contributed by atoms with Crippen LogP contribution in [0.2, 0.25) is 0 Å². The van der Waals surface area contributed by atoms with Crippen LogP contribution in [0.5, 0.6) is 0 Å². The summed E-state index contributed by atoms with van der Waals surface area (Å²) in [7, 11) is -9.60. The quantitative estimate of drug-likeness (QED) is 0.0165. The largest absolute Gasteiger partial charge is 0.472 e. The minimum Gasteiger partial charge on any atom is -0.463 e. The topological polar surface area (TPSA) is 225 Å². The van der Waals surface area contributed by atoms with Gasteiger partial charge in [-0.2, -0.15) is 0 Å². The molecule has 15 nitrogen and oxygen atoms in total. The van der Waals surface area contributed by atoms with Gasteiger partial charge < -0.3 is 34.6 Å². The monoisotopic (exact) mass is 1000 g/mol. The Balaban J connectivity index is 3.96. The zero-order valence-corrected chi connectivity index (χ0v) is 42.8. The van der Waals surface area contributed by atoms with Crippen molar-refractivity contribution in [3.63, 3.8) is 0 Å². The number of phosphoric acid groups is 2. The van der Waals surface area contributed by atoms with Crippen LogP contribution in [0.15, 0.2) is 97.2 Å². The predicted octanol–water partition coefficient (Wildman–Crippen LogP) is 11.5. The molecule has 5 N–H and O–H groups in total. The number of ether oxygens (including phenoxy) is 2. The zero-order valence-electron chi connectivity index (χ0n) is 41.0. The van der Waals surface area contributed by atoms with Crippen molar-refractivity contribution >= 4 is 27.6 Å². The van der Waals surface area contributed by atoms with Crippen LogP contribution in [0.25, 0.3) is 0 Å². The molecule has 390 valence electrons. The maximum Gasteiger partial charge on any atom is 0.472 e. The van der Waals surface area contributed by atoms with Gasteiger partial charge in [-0.15, -0.1) is 0 Å². The molecule has 0 fully saturated rings. The number of aliphatic hydroxyl groups is 3. The number of hydrogen-bond donors (Lipinski definition) is 5. The summed E-state index contributed by atoms with van der Waals surface area (Å²) in [6.07, 6.45) is 49.6. The van der Waals surface area contributed by atoms with Crippen molar-refractivity contribution < 1.29 is 71.4 Å². The molecule has 0 heterocycles. The van der Waals surface area contributed by atoms with Gasteiger partial charge in [-0.3, -0.25) is 27.7 Å². The Bertz CT molecular complexity index is 1590. The fourth-order valence-electron chi connectivity index (χ4n) is 5.71. The van der Waals surface area contributed by atoms with Crippen molar-refractivity contribution in [3.05, 3.63) is 97.2 Å². The number of allylic oxidation sites excluding steroid dienone is 16. The smallest absolute Gasteiger partial charge is 0.463 e. The van der Waals surface area contributed by atoms with Gasteiger partial charge in [-0.25, -0.2) is 9.13 Å². The summed E-state index contributed by atoms with van der Waals surface area (Å²) in [5, 5.41) is 30.0. The molecule has 0 radical (unpaired) electrons. The third-order valence-electron chi connectivity index (χ3n) is 9.52. The molecule has 5 atom stereocenters. The van der Waals surface area contributed by atoms with Crippen molar-refractivity contribution in [2.45, 2.75) is 173 Å². The lowest BCUT2D eigenvalue weighted by atomic mass is 10.1. The summed E-state index contributed by atoms with van der Waals surface area (Å²) in [5.41, 5.74) is 0. The Morgan fingerprint density at radius 3 is 1.01 bits per heavy atom. The fraction of sp³-hybridized carbons (Fsp3) is 0.647. The summed E-state index contributed by atoms with van der Waals surface area (Å²) >= 11 is 0. The summed E-state index contributed by atoms with van der Waals surface area (Å²) < 4.78 is 53.0. The second kappa shape index (κ2) is 46.3. The van der Waals surface area contributed by atoms with Crippen LogP contribution in [0.4, 0.5) is 0 Å². The van der Waals surface area contributed by atoms with Crippen molar-refractivity contribution in [3.8, 4) is 0 Å². The molecule has 0 aromatic carbocycles. The van der Waals surface area contributed by atoms with Crippen LogP contribution < -0.4 is 0 Å². The van der Waals surface area contributed by atoms with Crippen molar-refractivity contribution in [1.82, 2.24) is 0 Å². The third kappa shape index (κ3) is 48.0. The van der Waals surface area contributed by atoms with Crippen LogP contribution in [0.1, 0.15) is 155 Å². The molecular weight excluding hydrogens is 914 g/mol. The molecule has 0 aliphatic rings. The van der Waals surface area contributed by atoms with Crippen molar-refractivity contribution in [2.24, 2.45) is 0 Å². The number of hydrogen-bond acceptors (Lipinski definition) is 13. The summed E-state index contributed by atoms with van der Waals surface area (Å²) in [5.74, 6) is -1.05. The first-order valence-corrected chi connectivity index (χ1v) is 27.6. The molecule has 0 saturated heterocycles. The van der Waals surface area contributed by atoms with Crippen LogP contribution in [-0.4, -0.2) is 95.0 Å². The predicted molar refractivity (Wildman–Crippen MR) is 269 cm³/mol. The van der Waals surface area contributed by atoms with E-state index in [4.69, 9.17) is 9.47 Å². The summed E-state index contributed by atoms with van der Waals surface area (Å²) in [6.45, 7) is 0.187. The van der Waals surface area contributed by atoms with Gasteiger partial charge in [0, 0.05) is 12.8 Å². The second-order valence-corrected chi connectivity index (χ2v) is 19.0. The van der Waals surface area contributed by atoms with E-state index < -0.39 is 85.5 Å². The van der Waals surface area contributed by atoms with E-state index in [9.17, 15) is 43.8 Å². The molecule has 68 heavy (non-hydrogen) atoms. The number of esters is 2. The van der Waals surface area contributed by atoms with E-state index in [0.29, 0.717) is 12.8 Å². The normalized spacial score (nSPS) is 15.8. The van der Waals surface area contributed by atoms with Crippen LogP contribution >= 0.6 is 15.6 Å². The number of rotatable bonds is 46. The molecule has 0 spiro atoms. The van der Waals surface area contributed by atoms with Crippen LogP contribution in [0, 0.1) is 0 Å². The van der Waals surface area contributed by atoms with Gasteiger partial charge in [-0.1, -0.05) is 143 Å². The maximum atomic E-state index is 12.2. The first-order valence-electron chi connectivity index (χ1n) is 24.6. The van der Waals surface area contributed by atoms with E-state index in [1.807, 2.05) is 0 Å². The van der Waals surface area contributed by atoms with Gasteiger partial charge in [0.05, 0.1) is 26.4 Å². The molecule has 0 aliphatic carbocycles. The molecule has 0 aromatic heterocycles. The van der Waals surface area contributed by atoms with E-state index in [2.05, 4.69) is 129 Å². The van der Waals surface area contributed by atoms with Gasteiger partial charge in [-0.05, 0) is 96.3 Å². The number of phosphoric ester groups is 2. The Hall–Kier alpha value is -3.04. The molecule has 0 bridgehead atoms. The molecule has 0 saturated carbocycles. The van der Waals surface area contributed by atoms with E-state index in [-0.39, 0.29) is 12.8 Å². The van der Waals surface area contributed by atoms with Crippen LogP contribution in [-0.2, 0) is 46.3 Å². The van der Waals surface area contributed by atoms with Crippen molar-refractivity contribution in [2.75, 3.05) is 39.6 Å². The van der Waals surface area contributed by atoms with Gasteiger partial charge >= 0.3 is 27.6 Å². The van der Waals surface area contributed by atoms with E-state index in [1.165, 1.54) is 19.3 Å². The molecule has 0 amide bonds. The highest BCUT2D eigenvalue weighted by molar-refractivity contribution is 7.47. The lowest BCUT2D eigenvalue weighted by Gasteiger charge is -2.19. The Labute approximate surface area is 408 Å².